The van der Waals surface area contributed by atoms with Crippen LogP contribution in [0.3, 0.4) is 0 Å². The van der Waals surface area contributed by atoms with E-state index < -0.39 is 24.4 Å². The number of rotatable bonds is 4. The van der Waals surface area contributed by atoms with Crippen LogP contribution >= 0.6 is 0 Å². The van der Waals surface area contributed by atoms with Crippen molar-refractivity contribution < 1.29 is 18.0 Å². The molecule has 23 heavy (non-hydrogen) atoms. The summed E-state index contributed by atoms with van der Waals surface area (Å²) < 4.78 is 40.1. The molecule has 1 aliphatic rings. The molecule has 0 aliphatic carbocycles. The molecule has 1 fully saturated rings. The third-order valence-electron chi connectivity index (χ3n) is 4.55. The predicted molar refractivity (Wildman–Crippen MR) is 82.8 cm³/mol. The summed E-state index contributed by atoms with van der Waals surface area (Å²) >= 11 is 0. The number of hydrogen-bond donors (Lipinski definition) is 1. The van der Waals surface area contributed by atoms with Crippen molar-refractivity contribution in [1.29, 1.82) is 0 Å². The number of alkyl halides is 3. The molecule has 0 bridgehead atoms. The summed E-state index contributed by atoms with van der Waals surface area (Å²) in [4.78, 5) is 14.0. The van der Waals surface area contributed by atoms with Gasteiger partial charge in [-0.2, -0.15) is 13.2 Å². The Bertz CT molecular complexity index is 518. The van der Waals surface area contributed by atoms with Gasteiger partial charge in [-0.25, -0.2) is 0 Å². The molecule has 1 amide bonds. The van der Waals surface area contributed by atoms with E-state index in [2.05, 4.69) is 6.92 Å². The Labute approximate surface area is 134 Å². The lowest BCUT2D eigenvalue weighted by Gasteiger charge is -2.38. The zero-order chi connectivity index (χ0) is 17.0. The first-order chi connectivity index (χ1) is 10.8. The Balaban J connectivity index is 2.15. The van der Waals surface area contributed by atoms with Gasteiger partial charge in [0.1, 0.15) is 0 Å². The summed E-state index contributed by atoms with van der Waals surface area (Å²) in [7, 11) is 0. The van der Waals surface area contributed by atoms with Crippen LogP contribution in [-0.2, 0) is 4.79 Å². The third kappa shape index (κ3) is 4.47. The molecule has 128 valence electrons. The Morgan fingerprint density at radius 1 is 1.35 bits per heavy atom. The molecule has 1 saturated heterocycles. The normalized spacial score (nSPS) is 23.6. The smallest absolute Gasteiger partial charge is 0.338 e. The molecule has 0 spiro atoms. The average Bonchev–Trinajstić information content (AvgIpc) is 2.51. The molecular weight excluding hydrogens is 305 g/mol. The lowest BCUT2D eigenvalue weighted by Crippen LogP contribution is -2.50. The maximum atomic E-state index is 13.4. The Morgan fingerprint density at radius 2 is 2.00 bits per heavy atom. The van der Waals surface area contributed by atoms with Gasteiger partial charge < -0.3 is 10.6 Å². The maximum Gasteiger partial charge on any atom is 0.396 e. The molecule has 6 heteroatoms. The van der Waals surface area contributed by atoms with Crippen molar-refractivity contribution in [3.63, 3.8) is 0 Å². The molecular formula is C17H23F3N2O. The van der Waals surface area contributed by atoms with Crippen molar-refractivity contribution in [3.05, 3.63) is 35.9 Å². The second-order valence-electron chi connectivity index (χ2n) is 6.32. The molecule has 0 saturated carbocycles. The number of nitrogens with zero attached hydrogens (tertiary/aromatic N) is 1. The maximum absolute atomic E-state index is 13.4. The van der Waals surface area contributed by atoms with E-state index in [9.17, 15) is 18.0 Å². The fourth-order valence-electron chi connectivity index (χ4n) is 3.20. The standard InChI is InChI=1S/C17H23F3N2O/c1-12-7-8-22(14(9-12)11-21)16(23)10-15(17(18,19)20)13-5-3-2-4-6-13/h2-6,12,14-15H,7-11,21H2,1H3. The molecule has 0 aromatic heterocycles. The molecule has 0 radical (unpaired) electrons. The Hall–Kier alpha value is -1.56. The highest BCUT2D eigenvalue weighted by Gasteiger charge is 2.43. The fourth-order valence-corrected chi connectivity index (χ4v) is 3.20. The lowest BCUT2D eigenvalue weighted by atomic mass is 9.90. The molecule has 1 aromatic rings. The van der Waals surface area contributed by atoms with Crippen LogP contribution in [0.2, 0.25) is 0 Å². The van der Waals surface area contributed by atoms with Crippen molar-refractivity contribution in [2.75, 3.05) is 13.1 Å². The first kappa shape index (κ1) is 17.8. The van der Waals surface area contributed by atoms with E-state index in [1.54, 1.807) is 23.1 Å². The summed E-state index contributed by atoms with van der Waals surface area (Å²) in [6, 6.07) is 7.47. The number of benzene rings is 1. The Morgan fingerprint density at radius 3 is 2.57 bits per heavy atom. The summed E-state index contributed by atoms with van der Waals surface area (Å²) in [6.07, 6.45) is -3.44. The van der Waals surface area contributed by atoms with Crippen LogP contribution in [0.4, 0.5) is 13.2 Å². The van der Waals surface area contributed by atoms with Gasteiger partial charge >= 0.3 is 6.18 Å². The molecule has 1 aliphatic heterocycles. The van der Waals surface area contributed by atoms with Gasteiger partial charge in [0.15, 0.2) is 0 Å². The minimum absolute atomic E-state index is 0.128. The van der Waals surface area contributed by atoms with E-state index in [1.807, 2.05) is 0 Å². The number of halogens is 3. The van der Waals surface area contributed by atoms with Gasteiger partial charge in [0.25, 0.3) is 0 Å². The van der Waals surface area contributed by atoms with E-state index in [4.69, 9.17) is 5.73 Å². The fraction of sp³-hybridized carbons (Fsp3) is 0.588. The number of likely N-dealkylation sites (tertiary alicyclic amines) is 1. The van der Waals surface area contributed by atoms with Gasteiger partial charge in [0.05, 0.1) is 5.92 Å². The van der Waals surface area contributed by atoms with Crippen molar-refractivity contribution >= 4 is 5.91 Å². The van der Waals surface area contributed by atoms with Gasteiger partial charge in [-0.1, -0.05) is 37.3 Å². The van der Waals surface area contributed by atoms with E-state index in [0.717, 1.165) is 12.8 Å². The van der Waals surface area contributed by atoms with Crippen LogP contribution in [0.15, 0.2) is 30.3 Å². The van der Waals surface area contributed by atoms with Gasteiger partial charge in [0, 0.05) is 25.6 Å². The lowest BCUT2D eigenvalue weighted by molar-refractivity contribution is -0.162. The van der Waals surface area contributed by atoms with E-state index in [-0.39, 0.29) is 18.2 Å². The van der Waals surface area contributed by atoms with Gasteiger partial charge in [-0.15, -0.1) is 0 Å². The third-order valence-corrected chi connectivity index (χ3v) is 4.55. The molecule has 2 rings (SSSR count). The molecule has 2 N–H and O–H groups in total. The number of piperidine rings is 1. The number of hydrogen-bond acceptors (Lipinski definition) is 2. The Kier molecular flexibility index (Phi) is 5.68. The molecule has 3 nitrogen and oxygen atoms in total. The zero-order valence-corrected chi connectivity index (χ0v) is 13.2. The molecule has 3 atom stereocenters. The second kappa shape index (κ2) is 7.34. The van der Waals surface area contributed by atoms with Crippen molar-refractivity contribution in [2.24, 2.45) is 11.7 Å². The van der Waals surface area contributed by atoms with Crippen molar-refractivity contribution in [2.45, 2.75) is 44.3 Å². The first-order valence-corrected chi connectivity index (χ1v) is 7.94. The molecule has 1 aromatic carbocycles. The topological polar surface area (TPSA) is 46.3 Å². The van der Waals surface area contributed by atoms with Gasteiger partial charge in [0.2, 0.25) is 5.91 Å². The van der Waals surface area contributed by atoms with Gasteiger partial charge in [-0.3, -0.25) is 4.79 Å². The van der Waals surface area contributed by atoms with Crippen molar-refractivity contribution in [1.82, 2.24) is 4.90 Å². The quantitative estimate of drug-likeness (QED) is 0.922. The highest BCUT2D eigenvalue weighted by Crippen LogP contribution is 2.38. The monoisotopic (exact) mass is 328 g/mol. The number of carbonyl (C=O) groups excluding carboxylic acids is 1. The highest BCUT2D eigenvalue weighted by molar-refractivity contribution is 5.77. The van der Waals surface area contributed by atoms with Crippen LogP contribution in [0.1, 0.15) is 37.7 Å². The van der Waals surface area contributed by atoms with Crippen molar-refractivity contribution in [3.8, 4) is 0 Å². The first-order valence-electron chi connectivity index (χ1n) is 7.94. The summed E-state index contributed by atoms with van der Waals surface area (Å²) in [5.41, 5.74) is 5.83. The highest BCUT2D eigenvalue weighted by atomic mass is 19.4. The number of amides is 1. The van der Waals surface area contributed by atoms with Crippen LogP contribution < -0.4 is 5.73 Å². The average molecular weight is 328 g/mol. The molecule has 1 heterocycles. The predicted octanol–water partition coefficient (Wildman–Crippen LogP) is 3.31. The minimum Gasteiger partial charge on any atom is -0.338 e. The molecule has 3 unspecified atom stereocenters. The SMILES string of the molecule is CC1CCN(C(=O)CC(c2ccccc2)C(F)(F)F)C(CN)C1. The number of nitrogens with two attached hydrogens (primary N) is 1. The largest absolute Gasteiger partial charge is 0.396 e. The minimum atomic E-state index is -4.45. The van der Waals surface area contributed by atoms with Crippen LogP contribution in [0, 0.1) is 5.92 Å². The van der Waals surface area contributed by atoms with Gasteiger partial charge in [-0.05, 0) is 24.3 Å². The summed E-state index contributed by atoms with van der Waals surface area (Å²) in [6.45, 7) is 2.85. The summed E-state index contributed by atoms with van der Waals surface area (Å²) in [5, 5.41) is 0. The van der Waals surface area contributed by atoms with Crippen LogP contribution in [0.5, 0.6) is 0 Å². The second-order valence-corrected chi connectivity index (χ2v) is 6.32. The van der Waals surface area contributed by atoms with E-state index in [1.165, 1.54) is 12.1 Å². The van der Waals surface area contributed by atoms with E-state index >= 15 is 0 Å². The van der Waals surface area contributed by atoms with Crippen LogP contribution in [-0.4, -0.2) is 36.1 Å². The van der Waals surface area contributed by atoms with E-state index in [0.29, 0.717) is 12.5 Å². The number of carbonyl (C=O) groups is 1. The van der Waals surface area contributed by atoms with Crippen LogP contribution in [0.25, 0.3) is 0 Å². The summed E-state index contributed by atoms with van der Waals surface area (Å²) in [5.74, 6) is -1.78. The zero-order valence-electron chi connectivity index (χ0n) is 13.2.